The number of hydrogen-bond acceptors (Lipinski definition) is 3. The lowest BCUT2D eigenvalue weighted by molar-refractivity contribution is -0.137. The van der Waals surface area contributed by atoms with Gasteiger partial charge in [0.25, 0.3) is 5.91 Å². The highest BCUT2D eigenvalue weighted by Gasteiger charge is 2.32. The van der Waals surface area contributed by atoms with Crippen molar-refractivity contribution in [2.24, 2.45) is 0 Å². The molecule has 0 saturated carbocycles. The molecule has 1 amide bonds. The highest BCUT2D eigenvalue weighted by molar-refractivity contribution is 5.92. The van der Waals surface area contributed by atoms with E-state index in [0.29, 0.717) is 31.6 Å². The van der Waals surface area contributed by atoms with Crippen LogP contribution in [-0.4, -0.2) is 31.0 Å². The van der Waals surface area contributed by atoms with Crippen molar-refractivity contribution in [2.45, 2.75) is 19.0 Å². The van der Waals surface area contributed by atoms with Gasteiger partial charge in [-0.05, 0) is 36.6 Å². The van der Waals surface area contributed by atoms with Gasteiger partial charge in [0.2, 0.25) is 0 Å². The molecule has 3 rings (SSSR count). The zero-order valence-corrected chi connectivity index (χ0v) is 14.9. The Labute approximate surface area is 155 Å². The van der Waals surface area contributed by atoms with Crippen LogP contribution < -0.4 is 10.2 Å². The molecule has 0 spiro atoms. The molecule has 1 aliphatic rings. The van der Waals surface area contributed by atoms with Gasteiger partial charge in [0.05, 0.1) is 17.4 Å². The number of halogens is 3. The van der Waals surface area contributed by atoms with Crippen LogP contribution >= 0.6 is 0 Å². The highest BCUT2D eigenvalue weighted by Crippen LogP contribution is 2.34. The molecule has 27 heavy (non-hydrogen) atoms. The first-order valence-corrected chi connectivity index (χ1v) is 8.67. The third-order valence-electron chi connectivity index (χ3n) is 4.60. The summed E-state index contributed by atoms with van der Waals surface area (Å²) in [5.41, 5.74) is 1.86. The fourth-order valence-electron chi connectivity index (χ4n) is 3.13. The summed E-state index contributed by atoms with van der Waals surface area (Å²) in [6.45, 7) is 1.39. The van der Waals surface area contributed by atoms with E-state index in [9.17, 15) is 18.0 Å². The number of anilines is 1. The van der Waals surface area contributed by atoms with Crippen LogP contribution in [0.15, 0.2) is 48.2 Å². The van der Waals surface area contributed by atoms with E-state index in [-0.39, 0.29) is 11.5 Å². The van der Waals surface area contributed by atoms with Crippen molar-refractivity contribution in [1.29, 1.82) is 0 Å². The highest BCUT2D eigenvalue weighted by atomic mass is 19.4. The van der Waals surface area contributed by atoms with Crippen LogP contribution in [0.1, 0.15) is 34.5 Å². The Morgan fingerprint density at radius 1 is 1.15 bits per heavy atom. The van der Waals surface area contributed by atoms with E-state index < -0.39 is 11.7 Å². The quantitative estimate of drug-likeness (QED) is 0.877. The molecule has 1 saturated heterocycles. The van der Waals surface area contributed by atoms with Crippen molar-refractivity contribution < 1.29 is 18.0 Å². The van der Waals surface area contributed by atoms with Crippen LogP contribution in [0.25, 0.3) is 6.08 Å². The molecule has 1 aromatic carbocycles. The maximum Gasteiger partial charge on any atom is 0.416 e. The van der Waals surface area contributed by atoms with Crippen LogP contribution in [0.5, 0.6) is 0 Å². The van der Waals surface area contributed by atoms with Crippen LogP contribution in [0.2, 0.25) is 0 Å². The molecule has 1 aliphatic heterocycles. The number of rotatable bonds is 3. The van der Waals surface area contributed by atoms with E-state index in [1.54, 1.807) is 31.5 Å². The fourth-order valence-corrected chi connectivity index (χ4v) is 3.13. The molecule has 0 atom stereocenters. The molecule has 142 valence electrons. The molecule has 4 nitrogen and oxygen atoms in total. The second-order valence-electron chi connectivity index (χ2n) is 6.36. The lowest BCUT2D eigenvalue weighted by Crippen LogP contribution is -2.30. The second-order valence-corrected chi connectivity index (χ2v) is 6.36. The third kappa shape index (κ3) is 4.48. The third-order valence-corrected chi connectivity index (χ3v) is 4.60. The Kier molecular flexibility index (Phi) is 5.48. The van der Waals surface area contributed by atoms with Gasteiger partial charge < -0.3 is 10.2 Å². The average Bonchev–Trinajstić information content (AvgIpc) is 2.68. The number of benzene rings is 1. The maximum atomic E-state index is 13.1. The van der Waals surface area contributed by atoms with Crippen LogP contribution in [-0.2, 0) is 6.18 Å². The molecule has 0 aliphatic carbocycles. The Morgan fingerprint density at radius 2 is 1.85 bits per heavy atom. The monoisotopic (exact) mass is 375 g/mol. The molecule has 2 heterocycles. The number of carbonyl (C=O) groups excluding carboxylic acids is 1. The summed E-state index contributed by atoms with van der Waals surface area (Å²) >= 11 is 0. The van der Waals surface area contributed by atoms with Gasteiger partial charge >= 0.3 is 6.18 Å². The van der Waals surface area contributed by atoms with Gasteiger partial charge in [0, 0.05) is 20.1 Å². The molecule has 0 bridgehead atoms. The minimum atomic E-state index is -4.35. The molecule has 1 fully saturated rings. The van der Waals surface area contributed by atoms with E-state index >= 15 is 0 Å². The number of piperidine rings is 1. The van der Waals surface area contributed by atoms with Crippen molar-refractivity contribution in [1.82, 2.24) is 10.3 Å². The minimum Gasteiger partial charge on any atom is -0.370 e. The van der Waals surface area contributed by atoms with Gasteiger partial charge in [-0.2, -0.15) is 13.2 Å². The molecule has 1 aromatic heterocycles. The minimum absolute atomic E-state index is 0.213. The zero-order valence-electron chi connectivity index (χ0n) is 14.9. The maximum absolute atomic E-state index is 13.1. The standard InChI is InChI=1S/C20H20F3N3O/c1-24-19(27)18-7-6-16(13-25-18)26-10-8-14(9-11-26)12-15-4-2-3-5-17(15)20(21,22)23/h2-7,12-13H,8-11H2,1H3,(H,24,27). The molecule has 0 radical (unpaired) electrons. The first-order valence-electron chi connectivity index (χ1n) is 8.67. The zero-order chi connectivity index (χ0) is 19.4. The summed E-state index contributed by atoms with van der Waals surface area (Å²) in [6, 6.07) is 9.15. The van der Waals surface area contributed by atoms with Gasteiger partial charge in [-0.3, -0.25) is 4.79 Å². The molecule has 0 unspecified atom stereocenters. The summed E-state index contributed by atoms with van der Waals surface area (Å²) < 4.78 is 39.4. The number of alkyl halides is 3. The molecule has 7 heteroatoms. The number of carbonyl (C=O) groups is 1. The van der Waals surface area contributed by atoms with Gasteiger partial charge in [0.1, 0.15) is 5.69 Å². The van der Waals surface area contributed by atoms with Gasteiger partial charge in [-0.25, -0.2) is 4.98 Å². The van der Waals surface area contributed by atoms with Gasteiger partial charge in [-0.1, -0.05) is 29.8 Å². The predicted molar refractivity (Wildman–Crippen MR) is 98.5 cm³/mol. The predicted octanol–water partition coefficient (Wildman–Crippen LogP) is 4.14. The van der Waals surface area contributed by atoms with Crippen LogP contribution in [0.3, 0.4) is 0 Å². The van der Waals surface area contributed by atoms with Gasteiger partial charge in [0.15, 0.2) is 0 Å². The lowest BCUT2D eigenvalue weighted by Gasteiger charge is -2.30. The normalized spacial score (nSPS) is 14.8. The van der Waals surface area contributed by atoms with E-state index in [1.165, 1.54) is 12.1 Å². The topological polar surface area (TPSA) is 45.2 Å². The van der Waals surface area contributed by atoms with Gasteiger partial charge in [-0.15, -0.1) is 0 Å². The van der Waals surface area contributed by atoms with Crippen LogP contribution in [0.4, 0.5) is 18.9 Å². The number of amides is 1. The number of nitrogens with one attached hydrogen (secondary N) is 1. The van der Waals surface area contributed by atoms with E-state index in [0.717, 1.165) is 17.3 Å². The summed E-state index contributed by atoms with van der Waals surface area (Å²) in [4.78, 5) is 17.8. The Balaban J connectivity index is 1.69. The smallest absolute Gasteiger partial charge is 0.370 e. The summed E-state index contributed by atoms with van der Waals surface area (Å²) in [5.74, 6) is -0.242. The lowest BCUT2D eigenvalue weighted by atomic mass is 9.98. The SMILES string of the molecule is CNC(=O)c1ccc(N2CCC(=Cc3ccccc3C(F)(F)F)CC2)cn1. The Morgan fingerprint density at radius 3 is 2.44 bits per heavy atom. The van der Waals surface area contributed by atoms with Crippen molar-refractivity contribution in [3.63, 3.8) is 0 Å². The number of hydrogen-bond donors (Lipinski definition) is 1. The molecular weight excluding hydrogens is 355 g/mol. The number of nitrogens with zero attached hydrogens (tertiary/aromatic N) is 2. The molecule has 1 N–H and O–H groups in total. The van der Waals surface area contributed by atoms with E-state index in [2.05, 4.69) is 15.2 Å². The average molecular weight is 375 g/mol. The first kappa shape index (κ1) is 18.9. The summed E-state index contributed by atoms with van der Waals surface area (Å²) in [6.07, 6.45) is 0.324. The second kappa shape index (κ2) is 7.82. The number of pyridine rings is 1. The Bertz CT molecular complexity index is 834. The Hall–Kier alpha value is -2.83. The first-order chi connectivity index (χ1) is 12.9. The molecular formula is C20H20F3N3O. The summed E-state index contributed by atoms with van der Waals surface area (Å²) in [5, 5.41) is 2.52. The van der Waals surface area contributed by atoms with Crippen molar-refractivity contribution in [2.75, 3.05) is 25.0 Å². The van der Waals surface area contributed by atoms with E-state index in [1.807, 2.05) is 6.07 Å². The molecule has 2 aromatic rings. The van der Waals surface area contributed by atoms with Crippen LogP contribution in [0, 0.1) is 0 Å². The largest absolute Gasteiger partial charge is 0.416 e. The van der Waals surface area contributed by atoms with E-state index in [4.69, 9.17) is 0 Å². The van der Waals surface area contributed by atoms with Crippen molar-refractivity contribution in [3.05, 3.63) is 65.0 Å². The number of aromatic nitrogens is 1. The van der Waals surface area contributed by atoms with Crippen molar-refractivity contribution >= 4 is 17.7 Å². The van der Waals surface area contributed by atoms with Crippen molar-refractivity contribution in [3.8, 4) is 0 Å². The summed E-state index contributed by atoms with van der Waals surface area (Å²) in [7, 11) is 1.55. The fraction of sp³-hybridized carbons (Fsp3) is 0.300.